The molecule has 4 aliphatic carbocycles. The smallest absolute Gasteiger partial charge is 0.311 e. The second kappa shape index (κ2) is 6.55. The van der Waals surface area contributed by atoms with Gasteiger partial charge >= 0.3 is 5.97 Å². The molecule has 2 fully saturated rings. The van der Waals surface area contributed by atoms with Gasteiger partial charge in [0.2, 0.25) is 0 Å². The van der Waals surface area contributed by atoms with Crippen LogP contribution in [0.4, 0.5) is 0 Å². The van der Waals surface area contributed by atoms with Crippen molar-refractivity contribution < 1.29 is 19.4 Å². The zero-order chi connectivity index (χ0) is 20.3. The van der Waals surface area contributed by atoms with Crippen LogP contribution in [0.3, 0.4) is 0 Å². The first-order valence-corrected chi connectivity index (χ1v) is 10.9. The molecule has 0 aromatic carbocycles. The number of allylic oxidation sites excluding steroid dienone is 3. The number of aliphatic hydroxyl groups excluding tert-OH is 1. The normalized spacial score (nSPS) is 42.3. The second-order valence-electron chi connectivity index (χ2n) is 10.8. The summed E-state index contributed by atoms with van der Waals surface area (Å²) in [7, 11) is 0. The predicted octanol–water partition coefficient (Wildman–Crippen LogP) is 4.22. The van der Waals surface area contributed by atoms with Crippen LogP contribution in [-0.4, -0.2) is 29.6 Å². The number of fused-ring (bicyclic) bond motifs is 5. The molecule has 0 aliphatic heterocycles. The van der Waals surface area contributed by atoms with Crippen LogP contribution in [0.5, 0.6) is 0 Å². The van der Waals surface area contributed by atoms with Crippen molar-refractivity contribution in [3.05, 3.63) is 23.8 Å². The lowest BCUT2D eigenvalue weighted by Gasteiger charge is -2.56. The topological polar surface area (TPSA) is 63.6 Å². The van der Waals surface area contributed by atoms with Gasteiger partial charge in [0.1, 0.15) is 6.10 Å². The molecule has 4 heteroatoms. The van der Waals surface area contributed by atoms with E-state index in [2.05, 4.69) is 19.1 Å². The molecule has 0 heterocycles. The molecule has 4 rings (SSSR count). The Kier molecular flexibility index (Phi) is 4.65. The molecule has 0 saturated heterocycles. The zero-order valence-corrected chi connectivity index (χ0v) is 17.7. The fourth-order valence-electron chi connectivity index (χ4n) is 6.56. The van der Waals surface area contributed by atoms with E-state index in [9.17, 15) is 14.7 Å². The molecule has 0 aromatic heterocycles. The third-order valence-electron chi connectivity index (χ3n) is 8.31. The summed E-state index contributed by atoms with van der Waals surface area (Å²) in [6.45, 7) is 8.15. The molecule has 0 aromatic rings. The largest absolute Gasteiger partial charge is 0.461 e. The van der Waals surface area contributed by atoms with Crippen LogP contribution in [0.15, 0.2) is 23.8 Å². The summed E-state index contributed by atoms with van der Waals surface area (Å²) in [6.07, 6.45) is 11.4. The number of carbonyl (C=O) groups is 2. The summed E-state index contributed by atoms with van der Waals surface area (Å²) in [4.78, 5) is 24.5. The van der Waals surface area contributed by atoms with Gasteiger partial charge in [-0.2, -0.15) is 0 Å². The monoisotopic (exact) mass is 386 g/mol. The molecule has 0 spiro atoms. The van der Waals surface area contributed by atoms with Crippen molar-refractivity contribution >= 4 is 11.8 Å². The highest BCUT2D eigenvalue weighted by atomic mass is 16.5. The van der Waals surface area contributed by atoms with E-state index in [1.807, 2.05) is 20.8 Å². The van der Waals surface area contributed by atoms with Gasteiger partial charge in [-0.3, -0.25) is 9.59 Å². The molecule has 6 atom stereocenters. The lowest BCUT2D eigenvalue weighted by molar-refractivity contribution is -0.168. The van der Waals surface area contributed by atoms with Crippen molar-refractivity contribution in [1.82, 2.24) is 0 Å². The number of ketones is 1. The van der Waals surface area contributed by atoms with Crippen LogP contribution in [0.25, 0.3) is 0 Å². The molecule has 0 unspecified atom stereocenters. The Morgan fingerprint density at radius 3 is 2.64 bits per heavy atom. The molecular weight excluding hydrogens is 352 g/mol. The Hall–Kier alpha value is -1.42. The average Bonchev–Trinajstić information content (AvgIpc) is 2.97. The van der Waals surface area contributed by atoms with E-state index in [4.69, 9.17) is 4.74 Å². The lowest BCUT2D eigenvalue weighted by Crippen LogP contribution is -2.52. The molecule has 2 saturated carbocycles. The Morgan fingerprint density at radius 1 is 1.21 bits per heavy atom. The standard InChI is InChI=1S/C24H34O4/c1-22(2,3)21(27)28-20-8-7-18-17-6-5-15-13-16(26)9-12-24(15,14-25)19(17)10-11-23(18,20)4/h5-6,13,17-20,25H,7-12,14H2,1-4H3/t17-,18-,19-,20-,23-,24+/m0/s1. The molecule has 28 heavy (non-hydrogen) atoms. The van der Waals surface area contributed by atoms with Gasteiger partial charge in [0, 0.05) is 17.3 Å². The Labute approximate surface area is 168 Å². The minimum absolute atomic E-state index is 0.00519. The molecule has 0 bridgehead atoms. The Bertz CT molecular complexity index is 742. The summed E-state index contributed by atoms with van der Waals surface area (Å²) >= 11 is 0. The molecule has 1 N–H and O–H groups in total. The molecule has 0 amide bonds. The van der Waals surface area contributed by atoms with Crippen molar-refractivity contribution in [3.8, 4) is 0 Å². The van der Waals surface area contributed by atoms with E-state index in [1.165, 1.54) is 0 Å². The summed E-state index contributed by atoms with van der Waals surface area (Å²) < 4.78 is 6.03. The first-order valence-electron chi connectivity index (χ1n) is 10.9. The summed E-state index contributed by atoms with van der Waals surface area (Å²) in [5, 5.41) is 10.4. The average molecular weight is 387 g/mol. The van der Waals surface area contributed by atoms with E-state index in [0.29, 0.717) is 24.2 Å². The zero-order valence-electron chi connectivity index (χ0n) is 17.7. The van der Waals surface area contributed by atoms with Gasteiger partial charge in [-0.1, -0.05) is 19.1 Å². The summed E-state index contributed by atoms with van der Waals surface area (Å²) in [5.41, 5.74) is 0.278. The SMILES string of the molecule is CC(C)(C)C(=O)O[C@H]1CC[C@H]2[C@@H]3C=CC4=CC(=O)CC[C@]4(CO)[C@H]3CC[C@]12C. The van der Waals surface area contributed by atoms with Gasteiger partial charge in [-0.15, -0.1) is 0 Å². The van der Waals surface area contributed by atoms with Crippen LogP contribution >= 0.6 is 0 Å². The number of esters is 1. The highest BCUT2D eigenvalue weighted by Gasteiger charge is 2.60. The minimum atomic E-state index is -0.480. The maximum atomic E-state index is 12.5. The number of rotatable bonds is 2. The van der Waals surface area contributed by atoms with E-state index >= 15 is 0 Å². The third kappa shape index (κ3) is 2.82. The number of hydrogen-bond donors (Lipinski definition) is 1. The quantitative estimate of drug-likeness (QED) is 0.722. The number of ether oxygens (including phenoxy) is 1. The first kappa shape index (κ1) is 19.9. The maximum Gasteiger partial charge on any atom is 0.311 e. The minimum Gasteiger partial charge on any atom is -0.461 e. The second-order valence-corrected chi connectivity index (χ2v) is 10.8. The molecule has 4 aliphatic rings. The fourth-order valence-corrected chi connectivity index (χ4v) is 6.56. The number of hydrogen-bond acceptors (Lipinski definition) is 4. The predicted molar refractivity (Wildman–Crippen MR) is 107 cm³/mol. The van der Waals surface area contributed by atoms with Crippen molar-refractivity contribution in [2.75, 3.05) is 6.61 Å². The van der Waals surface area contributed by atoms with Gasteiger partial charge in [-0.05, 0) is 82.3 Å². The van der Waals surface area contributed by atoms with Crippen LogP contribution in [0.1, 0.15) is 66.2 Å². The Balaban J connectivity index is 1.63. The van der Waals surface area contributed by atoms with Gasteiger partial charge in [-0.25, -0.2) is 0 Å². The van der Waals surface area contributed by atoms with Gasteiger partial charge in [0.05, 0.1) is 12.0 Å². The van der Waals surface area contributed by atoms with Crippen LogP contribution in [-0.2, 0) is 14.3 Å². The van der Waals surface area contributed by atoms with Crippen molar-refractivity contribution in [2.45, 2.75) is 72.3 Å². The number of aliphatic hydroxyl groups is 1. The first-order chi connectivity index (χ1) is 13.1. The van der Waals surface area contributed by atoms with Crippen LogP contribution < -0.4 is 0 Å². The highest BCUT2D eigenvalue weighted by molar-refractivity contribution is 5.92. The van der Waals surface area contributed by atoms with E-state index in [1.54, 1.807) is 6.08 Å². The van der Waals surface area contributed by atoms with E-state index < -0.39 is 5.41 Å². The van der Waals surface area contributed by atoms with E-state index in [0.717, 1.165) is 37.7 Å². The van der Waals surface area contributed by atoms with Gasteiger partial charge in [0.15, 0.2) is 5.78 Å². The molecule has 0 radical (unpaired) electrons. The highest BCUT2D eigenvalue weighted by Crippen LogP contribution is 2.64. The third-order valence-corrected chi connectivity index (χ3v) is 8.31. The maximum absolute atomic E-state index is 12.5. The van der Waals surface area contributed by atoms with Crippen molar-refractivity contribution in [2.24, 2.45) is 34.0 Å². The van der Waals surface area contributed by atoms with Crippen molar-refractivity contribution in [1.29, 1.82) is 0 Å². The fraction of sp³-hybridized carbons (Fsp3) is 0.750. The summed E-state index contributed by atoms with van der Waals surface area (Å²) in [5.74, 6) is 1.29. The summed E-state index contributed by atoms with van der Waals surface area (Å²) in [6, 6.07) is 0. The number of carbonyl (C=O) groups excluding carboxylic acids is 2. The van der Waals surface area contributed by atoms with Gasteiger partial charge < -0.3 is 9.84 Å². The van der Waals surface area contributed by atoms with Crippen LogP contribution in [0, 0.1) is 34.0 Å². The molecule has 154 valence electrons. The van der Waals surface area contributed by atoms with Crippen LogP contribution in [0.2, 0.25) is 0 Å². The molecular formula is C24H34O4. The van der Waals surface area contributed by atoms with Crippen molar-refractivity contribution in [3.63, 3.8) is 0 Å². The Morgan fingerprint density at radius 2 is 1.96 bits per heavy atom. The van der Waals surface area contributed by atoms with Gasteiger partial charge in [0.25, 0.3) is 0 Å². The van der Waals surface area contributed by atoms with E-state index in [-0.39, 0.29) is 35.3 Å². The lowest BCUT2D eigenvalue weighted by atomic mass is 9.49. The molecule has 4 nitrogen and oxygen atoms in total.